The molecule has 1 atom stereocenters. The SMILES string of the molecule is C=Cc1ccc(OCc2ccccc2)c(C(N)CCc2ccccc2)c1. The average Bonchev–Trinajstić information content (AvgIpc) is 2.72. The molecule has 0 bridgehead atoms. The minimum Gasteiger partial charge on any atom is -0.489 e. The zero-order valence-electron chi connectivity index (χ0n) is 15.0. The normalized spacial score (nSPS) is 11.7. The topological polar surface area (TPSA) is 35.2 Å². The van der Waals surface area contributed by atoms with Crippen molar-refractivity contribution >= 4 is 6.08 Å². The Morgan fingerprint density at radius 2 is 1.54 bits per heavy atom. The van der Waals surface area contributed by atoms with E-state index in [9.17, 15) is 0 Å². The van der Waals surface area contributed by atoms with Crippen LogP contribution in [0.1, 0.15) is 34.7 Å². The maximum atomic E-state index is 6.52. The lowest BCUT2D eigenvalue weighted by molar-refractivity contribution is 0.300. The van der Waals surface area contributed by atoms with E-state index in [1.165, 1.54) is 5.56 Å². The summed E-state index contributed by atoms with van der Waals surface area (Å²) >= 11 is 0. The molecule has 0 radical (unpaired) electrons. The first-order chi connectivity index (χ1) is 12.8. The van der Waals surface area contributed by atoms with Gasteiger partial charge in [-0.1, -0.05) is 79.4 Å². The van der Waals surface area contributed by atoms with Crippen LogP contribution in [0.4, 0.5) is 0 Å². The Labute approximate surface area is 155 Å². The van der Waals surface area contributed by atoms with Gasteiger partial charge in [0.2, 0.25) is 0 Å². The van der Waals surface area contributed by atoms with Gasteiger partial charge in [0.1, 0.15) is 12.4 Å². The highest BCUT2D eigenvalue weighted by Crippen LogP contribution is 2.29. The molecular weight excluding hydrogens is 318 g/mol. The predicted molar refractivity (Wildman–Crippen MR) is 109 cm³/mol. The van der Waals surface area contributed by atoms with Gasteiger partial charge in [0.05, 0.1) is 0 Å². The molecule has 1 unspecified atom stereocenters. The summed E-state index contributed by atoms with van der Waals surface area (Å²) in [5.41, 5.74) is 11.1. The van der Waals surface area contributed by atoms with Crippen LogP contribution < -0.4 is 10.5 Å². The smallest absolute Gasteiger partial charge is 0.124 e. The zero-order valence-corrected chi connectivity index (χ0v) is 15.0. The second-order valence-electron chi connectivity index (χ2n) is 6.41. The Balaban J connectivity index is 1.73. The van der Waals surface area contributed by atoms with Gasteiger partial charge >= 0.3 is 0 Å². The lowest BCUT2D eigenvalue weighted by atomic mass is 9.97. The molecule has 26 heavy (non-hydrogen) atoms. The summed E-state index contributed by atoms with van der Waals surface area (Å²) in [6.45, 7) is 4.40. The van der Waals surface area contributed by atoms with E-state index >= 15 is 0 Å². The van der Waals surface area contributed by atoms with Crippen molar-refractivity contribution in [1.29, 1.82) is 0 Å². The molecule has 132 valence electrons. The largest absolute Gasteiger partial charge is 0.489 e. The van der Waals surface area contributed by atoms with Crippen molar-refractivity contribution in [1.82, 2.24) is 0 Å². The van der Waals surface area contributed by atoms with Crippen LogP contribution in [0.3, 0.4) is 0 Å². The molecule has 3 aromatic rings. The predicted octanol–water partition coefficient (Wildman–Crippen LogP) is 5.54. The van der Waals surface area contributed by atoms with Gasteiger partial charge in [-0.15, -0.1) is 0 Å². The van der Waals surface area contributed by atoms with Crippen molar-refractivity contribution in [2.24, 2.45) is 5.73 Å². The summed E-state index contributed by atoms with van der Waals surface area (Å²) in [5, 5.41) is 0. The maximum absolute atomic E-state index is 6.52. The molecule has 2 nitrogen and oxygen atoms in total. The highest BCUT2D eigenvalue weighted by Gasteiger charge is 2.13. The molecule has 0 fully saturated rings. The first kappa shape index (κ1) is 18.0. The Kier molecular flexibility index (Phi) is 6.24. The van der Waals surface area contributed by atoms with E-state index in [1.54, 1.807) is 0 Å². The van der Waals surface area contributed by atoms with E-state index in [4.69, 9.17) is 10.5 Å². The zero-order chi connectivity index (χ0) is 18.2. The molecule has 0 saturated carbocycles. The first-order valence-corrected chi connectivity index (χ1v) is 8.99. The number of nitrogens with two attached hydrogens (primary N) is 1. The molecule has 0 aliphatic rings. The van der Waals surface area contributed by atoms with Gasteiger partial charge in [-0.3, -0.25) is 0 Å². The number of benzene rings is 3. The van der Waals surface area contributed by atoms with Gasteiger partial charge in [-0.05, 0) is 41.7 Å². The summed E-state index contributed by atoms with van der Waals surface area (Å²) in [7, 11) is 0. The van der Waals surface area contributed by atoms with Gasteiger partial charge in [0.25, 0.3) is 0 Å². The van der Waals surface area contributed by atoms with Crippen molar-refractivity contribution in [2.75, 3.05) is 0 Å². The van der Waals surface area contributed by atoms with Crippen LogP contribution in [0.2, 0.25) is 0 Å². The maximum Gasteiger partial charge on any atom is 0.124 e. The highest BCUT2D eigenvalue weighted by molar-refractivity contribution is 5.52. The summed E-state index contributed by atoms with van der Waals surface area (Å²) in [6.07, 6.45) is 3.65. The third kappa shape index (κ3) is 4.84. The van der Waals surface area contributed by atoms with Crippen LogP contribution in [0, 0.1) is 0 Å². The molecule has 2 heteroatoms. The lowest BCUT2D eigenvalue weighted by Crippen LogP contribution is -2.13. The molecule has 0 aromatic heterocycles. The Morgan fingerprint density at radius 1 is 0.885 bits per heavy atom. The molecule has 0 spiro atoms. The van der Waals surface area contributed by atoms with Crippen LogP contribution in [-0.2, 0) is 13.0 Å². The monoisotopic (exact) mass is 343 g/mol. The van der Waals surface area contributed by atoms with Crippen molar-refractivity contribution in [2.45, 2.75) is 25.5 Å². The van der Waals surface area contributed by atoms with E-state index in [0.717, 1.165) is 35.3 Å². The number of ether oxygens (including phenoxy) is 1. The van der Waals surface area contributed by atoms with Crippen molar-refractivity contribution in [3.8, 4) is 5.75 Å². The quantitative estimate of drug-likeness (QED) is 0.583. The van der Waals surface area contributed by atoms with E-state index in [-0.39, 0.29) is 6.04 Å². The summed E-state index contributed by atoms with van der Waals surface area (Å²) < 4.78 is 6.08. The van der Waals surface area contributed by atoms with Crippen molar-refractivity contribution in [3.63, 3.8) is 0 Å². The molecule has 0 saturated heterocycles. The van der Waals surface area contributed by atoms with E-state index in [2.05, 4.69) is 49.0 Å². The van der Waals surface area contributed by atoms with Crippen molar-refractivity contribution in [3.05, 3.63) is 108 Å². The fourth-order valence-electron chi connectivity index (χ4n) is 2.97. The minimum absolute atomic E-state index is 0.0825. The van der Waals surface area contributed by atoms with Crippen molar-refractivity contribution < 1.29 is 4.74 Å². The van der Waals surface area contributed by atoms with Gasteiger partial charge in [-0.25, -0.2) is 0 Å². The molecule has 0 heterocycles. The minimum atomic E-state index is -0.0825. The number of aryl methyl sites for hydroxylation is 1. The van der Waals surface area contributed by atoms with Crippen LogP contribution in [0.5, 0.6) is 5.75 Å². The Bertz CT molecular complexity index is 827. The van der Waals surface area contributed by atoms with Crippen LogP contribution in [0.25, 0.3) is 6.08 Å². The molecule has 0 aliphatic carbocycles. The Morgan fingerprint density at radius 3 is 2.19 bits per heavy atom. The van der Waals surface area contributed by atoms with Crippen LogP contribution in [-0.4, -0.2) is 0 Å². The van der Waals surface area contributed by atoms with Gasteiger partial charge < -0.3 is 10.5 Å². The van der Waals surface area contributed by atoms with Gasteiger partial charge in [0, 0.05) is 11.6 Å². The van der Waals surface area contributed by atoms with E-state index < -0.39 is 0 Å². The lowest BCUT2D eigenvalue weighted by Gasteiger charge is -2.18. The second-order valence-corrected chi connectivity index (χ2v) is 6.41. The van der Waals surface area contributed by atoms with E-state index in [0.29, 0.717) is 6.61 Å². The Hall–Kier alpha value is -2.84. The molecule has 2 N–H and O–H groups in total. The number of hydrogen-bond donors (Lipinski definition) is 1. The fourth-order valence-corrected chi connectivity index (χ4v) is 2.97. The molecule has 3 aromatic carbocycles. The highest BCUT2D eigenvalue weighted by atomic mass is 16.5. The van der Waals surface area contributed by atoms with Crippen LogP contribution >= 0.6 is 0 Å². The van der Waals surface area contributed by atoms with Gasteiger partial charge in [-0.2, -0.15) is 0 Å². The fraction of sp³-hybridized carbons (Fsp3) is 0.167. The first-order valence-electron chi connectivity index (χ1n) is 8.99. The third-order valence-electron chi connectivity index (χ3n) is 4.49. The molecule has 0 amide bonds. The summed E-state index contributed by atoms with van der Waals surface area (Å²) in [5.74, 6) is 0.847. The molecular formula is C24H25NO. The van der Waals surface area contributed by atoms with Gasteiger partial charge in [0.15, 0.2) is 0 Å². The average molecular weight is 343 g/mol. The van der Waals surface area contributed by atoms with Crippen LogP contribution in [0.15, 0.2) is 85.4 Å². The molecule has 3 rings (SSSR count). The second kappa shape index (κ2) is 9.02. The molecule has 0 aliphatic heterocycles. The summed E-state index contributed by atoms with van der Waals surface area (Å²) in [4.78, 5) is 0. The third-order valence-corrected chi connectivity index (χ3v) is 4.49. The number of hydrogen-bond acceptors (Lipinski definition) is 2. The number of rotatable bonds is 8. The summed E-state index contributed by atoms with van der Waals surface area (Å²) in [6, 6.07) is 26.6. The van der Waals surface area contributed by atoms with E-state index in [1.807, 2.05) is 42.5 Å². The standard InChI is InChI=1S/C24H25NO/c1-2-19-14-16-24(26-18-21-11-7-4-8-12-21)22(17-19)23(25)15-13-20-9-5-3-6-10-20/h2-12,14,16-17,23H,1,13,15,18,25H2.